The fraction of sp³-hybridized carbons (Fsp3) is 0.417. The Labute approximate surface area is 84.3 Å². The summed E-state index contributed by atoms with van der Waals surface area (Å²) < 4.78 is 0. The lowest BCUT2D eigenvalue weighted by atomic mass is 9.95. The molecule has 2 heteroatoms. The smallest absolute Gasteiger partial charge is 0.228 e. The number of nitrogens with one attached hydrogen (secondary N) is 1. The first-order valence-electron chi connectivity index (χ1n) is 5.02. The highest BCUT2D eigenvalue weighted by molar-refractivity contribution is 6.00. The Morgan fingerprint density at radius 1 is 1.36 bits per heavy atom. The molecule has 0 aliphatic carbocycles. The summed E-state index contributed by atoms with van der Waals surface area (Å²) in [6, 6.07) is 4.22. The Morgan fingerprint density at radius 2 is 2.07 bits per heavy atom. The number of benzene rings is 1. The lowest BCUT2D eigenvalue weighted by molar-refractivity contribution is -0.115. The van der Waals surface area contributed by atoms with Crippen molar-refractivity contribution in [2.75, 3.05) is 5.32 Å². The van der Waals surface area contributed by atoms with Crippen molar-refractivity contribution in [1.82, 2.24) is 0 Å². The van der Waals surface area contributed by atoms with E-state index in [0.717, 1.165) is 5.69 Å². The van der Waals surface area contributed by atoms with Crippen molar-refractivity contribution in [2.24, 2.45) is 0 Å². The van der Waals surface area contributed by atoms with Crippen molar-refractivity contribution in [3.05, 3.63) is 28.8 Å². The predicted molar refractivity (Wildman–Crippen MR) is 57.6 cm³/mol. The van der Waals surface area contributed by atoms with Crippen molar-refractivity contribution < 1.29 is 4.79 Å². The molecular weight excluding hydrogens is 174 g/mol. The summed E-state index contributed by atoms with van der Waals surface area (Å²) in [5, 5.41) is 2.95. The van der Waals surface area contributed by atoms with Gasteiger partial charge in [-0.2, -0.15) is 0 Å². The van der Waals surface area contributed by atoms with Crippen LogP contribution in [0.1, 0.15) is 36.5 Å². The molecule has 0 saturated heterocycles. The van der Waals surface area contributed by atoms with E-state index in [1.165, 1.54) is 16.7 Å². The first-order chi connectivity index (χ1) is 6.59. The number of amides is 1. The molecule has 0 aromatic heterocycles. The summed E-state index contributed by atoms with van der Waals surface area (Å²) in [6.07, 6.45) is 0.543. The van der Waals surface area contributed by atoms with Crippen LogP contribution in [0.25, 0.3) is 0 Å². The van der Waals surface area contributed by atoms with Crippen LogP contribution in [-0.4, -0.2) is 5.91 Å². The molecule has 0 unspecified atom stereocenters. The maximum atomic E-state index is 11.3. The van der Waals surface area contributed by atoms with E-state index >= 15 is 0 Å². The van der Waals surface area contributed by atoms with Gasteiger partial charge in [0.05, 0.1) is 6.42 Å². The van der Waals surface area contributed by atoms with E-state index in [1.807, 2.05) is 0 Å². The molecule has 0 bridgehead atoms. The van der Waals surface area contributed by atoms with Crippen molar-refractivity contribution >= 4 is 11.6 Å². The number of hydrogen-bond acceptors (Lipinski definition) is 1. The molecule has 1 heterocycles. The van der Waals surface area contributed by atoms with Crippen LogP contribution in [0.15, 0.2) is 12.1 Å². The zero-order valence-corrected chi connectivity index (χ0v) is 8.85. The van der Waals surface area contributed by atoms with Gasteiger partial charge in [-0.1, -0.05) is 26.0 Å². The van der Waals surface area contributed by atoms with Crippen molar-refractivity contribution in [1.29, 1.82) is 0 Å². The monoisotopic (exact) mass is 189 g/mol. The molecule has 14 heavy (non-hydrogen) atoms. The average molecular weight is 189 g/mol. The molecule has 1 aromatic rings. The number of hydrogen-bond donors (Lipinski definition) is 1. The molecule has 74 valence electrons. The number of aryl methyl sites for hydroxylation is 1. The van der Waals surface area contributed by atoms with E-state index in [2.05, 4.69) is 38.2 Å². The van der Waals surface area contributed by atoms with Crippen LogP contribution in [0, 0.1) is 6.92 Å². The van der Waals surface area contributed by atoms with Crippen LogP contribution >= 0.6 is 0 Å². The predicted octanol–water partition coefficient (Wildman–Crippen LogP) is 2.61. The summed E-state index contributed by atoms with van der Waals surface area (Å²) in [5.41, 5.74) is 4.70. The zero-order chi connectivity index (χ0) is 10.3. The summed E-state index contributed by atoms with van der Waals surface area (Å²) in [6.45, 7) is 6.36. The minimum absolute atomic E-state index is 0.121. The second-order valence-electron chi connectivity index (χ2n) is 4.20. The van der Waals surface area contributed by atoms with Crippen LogP contribution < -0.4 is 5.32 Å². The standard InChI is InChI=1S/C12H15NO/c1-7(2)9-5-4-8(3)10-6-11(14)13-12(9)10/h4-5,7H,6H2,1-3H3,(H,13,14). The molecule has 2 nitrogen and oxygen atoms in total. The highest BCUT2D eigenvalue weighted by Crippen LogP contribution is 2.33. The van der Waals surface area contributed by atoms with Crippen LogP contribution in [0.4, 0.5) is 5.69 Å². The maximum absolute atomic E-state index is 11.3. The van der Waals surface area contributed by atoms with E-state index in [-0.39, 0.29) is 5.91 Å². The molecule has 1 aromatic carbocycles. The Kier molecular flexibility index (Phi) is 2.06. The number of carbonyl (C=O) groups is 1. The molecule has 0 fully saturated rings. The van der Waals surface area contributed by atoms with Crippen LogP contribution in [-0.2, 0) is 11.2 Å². The Morgan fingerprint density at radius 3 is 2.71 bits per heavy atom. The van der Waals surface area contributed by atoms with Crippen LogP contribution in [0.2, 0.25) is 0 Å². The first kappa shape index (κ1) is 9.25. The summed E-state index contributed by atoms with van der Waals surface area (Å²) in [7, 11) is 0. The van der Waals surface area contributed by atoms with Gasteiger partial charge < -0.3 is 5.32 Å². The molecule has 1 N–H and O–H groups in total. The van der Waals surface area contributed by atoms with Crippen LogP contribution in [0.3, 0.4) is 0 Å². The lowest BCUT2D eigenvalue weighted by Gasteiger charge is -2.12. The SMILES string of the molecule is Cc1ccc(C(C)C)c2c1CC(=O)N2. The van der Waals surface area contributed by atoms with Gasteiger partial charge in [0.1, 0.15) is 0 Å². The lowest BCUT2D eigenvalue weighted by Crippen LogP contribution is -2.05. The third-order valence-corrected chi connectivity index (χ3v) is 2.80. The largest absolute Gasteiger partial charge is 0.325 e. The quantitative estimate of drug-likeness (QED) is 0.723. The van der Waals surface area contributed by atoms with Gasteiger partial charge in [0, 0.05) is 5.69 Å². The Balaban J connectivity index is 2.58. The number of anilines is 1. The normalized spacial score (nSPS) is 14.4. The van der Waals surface area contributed by atoms with E-state index in [1.54, 1.807) is 0 Å². The number of carbonyl (C=O) groups excluding carboxylic acids is 1. The highest BCUT2D eigenvalue weighted by Gasteiger charge is 2.23. The summed E-state index contributed by atoms with van der Waals surface area (Å²) in [4.78, 5) is 11.3. The fourth-order valence-corrected chi connectivity index (χ4v) is 1.97. The molecule has 0 radical (unpaired) electrons. The van der Waals surface area contributed by atoms with Crippen molar-refractivity contribution in [3.63, 3.8) is 0 Å². The zero-order valence-electron chi connectivity index (χ0n) is 8.85. The number of fused-ring (bicyclic) bond motifs is 1. The van der Waals surface area contributed by atoms with Crippen molar-refractivity contribution in [3.8, 4) is 0 Å². The topological polar surface area (TPSA) is 29.1 Å². The Hall–Kier alpha value is -1.31. The van der Waals surface area contributed by atoms with Gasteiger partial charge in [0.15, 0.2) is 0 Å². The summed E-state index contributed by atoms with van der Waals surface area (Å²) in [5.74, 6) is 0.582. The third kappa shape index (κ3) is 1.31. The third-order valence-electron chi connectivity index (χ3n) is 2.80. The minimum Gasteiger partial charge on any atom is -0.325 e. The minimum atomic E-state index is 0.121. The summed E-state index contributed by atoms with van der Waals surface area (Å²) >= 11 is 0. The molecule has 0 spiro atoms. The van der Waals surface area contributed by atoms with Crippen LogP contribution in [0.5, 0.6) is 0 Å². The van der Waals surface area contributed by atoms with Gasteiger partial charge in [0.25, 0.3) is 0 Å². The van der Waals surface area contributed by atoms with Gasteiger partial charge >= 0.3 is 0 Å². The average Bonchev–Trinajstić information content (AvgIpc) is 2.47. The second kappa shape index (κ2) is 3.12. The molecule has 0 saturated carbocycles. The maximum Gasteiger partial charge on any atom is 0.228 e. The van der Waals surface area contributed by atoms with Gasteiger partial charge in [-0.05, 0) is 29.5 Å². The van der Waals surface area contributed by atoms with Gasteiger partial charge in [-0.25, -0.2) is 0 Å². The highest BCUT2D eigenvalue weighted by atomic mass is 16.1. The molecule has 2 rings (SSSR count). The van der Waals surface area contributed by atoms with E-state index < -0.39 is 0 Å². The first-order valence-corrected chi connectivity index (χ1v) is 5.02. The molecule has 0 atom stereocenters. The van der Waals surface area contributed by atoms with Gasteiger partial charge in [-0.15, -0.1) is 0 Å². The van der Waals surface area contributed by atoms with E-state index in [4.69, 9.17) is 0 Å². The molecule has 1 aliphatic rings. The molecular formula is C12H15NO. The fourth-order valence-electron chi connectivity index (χ4n) is 1.97. The van der Waals surface area contributed by atoms with E-state index in [9.17, 15) is 4.79 Å². The number of rotatable bonds is 1. The van der Waals surface area contributed by atoms with Gasteiger partial charge in [-0.3, -0.25) is 4.79 Å². The Bertz CT molecular complexity index is 394. The molecule has 1 aliphatic heterocycles. The molecule has 1 amide bonds. The second-order valence-corrected chi connectivity index (χ2v) is 4.20. The van der Waals surface area contributed by atoms with Crippen molar-refractivity contribution in [2.45, 2.75) is 33.1 Å². The van der Waals surface area contributed by atoms with E-state index in [0.29, 0.717) is 12.3 Å². The van der Waals surface area contributed by atoms with Gasteiger partial charge in [0.2, 0.25) is 5.91 Å².